The number of ether oxygens (including phenoxy) is 1. The van der Waals surface area contributed by atoms with E-state index in [0.29, 0.717) is 5.92 Å². The molecule has 1 fully saturated rings. The van der Waals surface area contributed by atoms with Crippen LogP contribution in [0.5, 0.6) is 0 Å². The van der Waals surface area contributed by atoms with Crippen LogP contribution in [0.2, 0.25) is 0 Å². The van der Waals surface area contributed by atoms with E-state index in [9.17, 15) is 0 Å². The van der Waals surface area contributed by atoms with Gasteiger partial charge in [0.15, 0.2) is 0 Å². The van der Waals surface area contributed by atoms with Gasteiger partial charge in [-0.05, 0) is 24.8 Å². The SMILES string of the molecule is N[C@H](c1ccoc1)C1CCOCC1. The first-order chi connectivity index (χ1) is 6.38. The van der Waals surface area contributed by atoms with E-state index in [1.165, 1.54) is 0 Å². The molecular formula is C10H15NO2. The van der Waals surface area contributed by atoms with E-state index in [1.54, 1.807) is 12.5 Å². The molecule has 1 aliphatic rings. The lowest BCUT2D eigenvalue weighted by Crippen LogP contribution is -2.27. The van der Waals surface area contributed by atoms with E-state index in [1.807, 2.05) is 6.07 Å². The molecule has 1 saturated heterocycles. The Morgan fingerprint density at radius 3 is 2.77 bits per heavy atom. The van der Waals surface area contributed by atoms with Crippen molar-refractivity contribution in [1.29, 1.82) is 0 Å². The summed E-state index contributed by atoms with van der Waals surface area (Å²) in [6.07, 6.45) is 5.54. The molecule has 0 saturated carbocycles. The number of furan rings is 1. The molecule has 2 rings (SSSR count). The Bertz CT molecular complexity index is 239. The van der Waals surface area contributed by atoms with E-state index < -0.39 is 0 Å². The largest absolute Gasteiger partial charge is 0.472 e. The third kappa shape index (κ3) is 1.92. The van der Waals surface area contributed by atoms with Crippen molar-refractivity contribution in [2.45, 2.75) is 18.9 Å². The Hall–Kier alpha value is -0.800. The summed E-state index contributed by atoms with van der Waals surface area (Å²) in [5.74, 6) is 0.548. The van der Waals surface area contributed by atoms with Crippen molar-refractivity contribution in [2.75, 3.05) is 13.2 Å². The smallest absolute Gasteiger partial charge is 0.0950 e. The summed E-state index contributed by atoms with van der Waals surface area (Å²) < 4.78 is 10.3. The van der Waals surface area contributed by atoms with Crippen LogP contribution in [0, 0.1) is 5.92 Å². The average Bonchev–Trinajstić information content (AvgIpc) is 2.71. The first-order valence-electron chi connectivity index (χ1n) is 4.73. The normalized spacial score (nSPS) is 21.6. The molecule has 72 valence electrons. The van der Waals surface area contributed by atoms with Gasteiger partial charge in [0.2, 0.25) is 0 Å². The molecule has 0 amide bonds. The summed E-state index contributed by atoms with van der Waals surface area (Å²) in [4.78, 5) is 0. The summed E-state index contributed by atoms with van der Waals surface area (Å²) in [5, 5.41) is 0. The minimum absolute atomic E-state index is 0.114. The van der Waals surface area contributed by atoms with Crippen LogP contribution in [0.15, 0.2) is 23.0 Å². The molecule has 1 aliphatic heterocycles. The lowest BCUT2D eigenvalue weighted by atomic mass is 9.89. The molecule has 1 aromatic heterocycles. The molecule has 2 N–H and O–H groups in total. The van der Waals surface area contributed by atoms with E-state index >= 15 is 0 Å². The third-order valence-electron chi connectivity index (χ3n) is 2.70. The van der Waals surface area contributed by atoms with Gasteiger partial charge in [0.1, 0.15) is 0 Å². The summed E-state index contributed by atoms with van der Waals surface area (Å²) in [6, 6.07) is 2.06. The first-order valence-corrected chi connectivity index (χ1v) is 4.73. The summed E-state index contributed by atoms with van der Waals surface area (Å²) in [6.45, 7) is 1.69. The number of nitrogens with two attached hydrogens (primary N) is 1. The van der Waals surface area contributed by atoms with Crippen LogP contribution >= 0.6 is 0 Å². The molecule has 0 aliphatic carbocycles. The zero-order valence-electron chi connectivity index (χ0n) is 7.61. The lowest BCUT2D eigenvalue weighted by molar-refractivity contribution is 0.0583. The number of hydrogen-bond donors (Lipinski definition) is 1. The molecule has 3 nitrogen and oxygen atoms in total. The second-order valence-corrected chi connectivity index (χ2v) is 3.53. The van der Waals surface area contributed by atoms with Crippen LogP contribution in [0.1, 0.15) is 24.4 Å². The van der Waals surface area contributed by atoms with Gasteiger partial charge in [-0.15, -0.1) is 0 Å². The number of hydrogen-bond acceptors (Lipinski definition) is 3. The second kappa shape index (κ2) is 3.94. The molecule has 2 heterocycles. The van der Waals surface area contributed by atoms with Crippen LogP contribution in [0.25, 0.3) is 0 Å². The molecule has 0 aromatic carbocycles. The van der Waals surface area contributed by atoms with E-state index in [-0.39, 0.29) is 6.04 Å². The van der Waals surface area contributed by atoms with Gasteiger partial charge in [-0.3, -0.25) is 0 Å². The highest BCUT2D eigenvalue weighted by molar-refractivity contribution is 5.12. The quantitative estimate of drug-likeness (QED) is 0.755. The third-order valence-corrected chi connectivity index (χ3v) is 2.70. The lowest BCUT2D eigenvalue weighted by Gasteiger charge is -2.26. The zero-order valence-corrected chi connectivity index (χ0v) is 7.61. The molecule has 0 spiro atoms. The fraction of sp³-hybridized carbons (Fsp3) is 0.600. The Balaban J connectivity index is 1.99. The zero-order chi connectivity index (χ0) is 9.10. The fourth-order valence-electron chi connectivity index (χ4n) is 1.81. The summed E-state index contributed by atoms with van der Waals surface area (Å²) in [5.41, 5.74) is 7.20. The maximum atomic E-state index is 6.10. The van der Waals surface area contributed by atoms with Crippen LogP contribution in [-0.4, -0.2) is 13.2 Å². The Morgan fingerprint density at radius 2 is 2.15 bits per heavy atom. The highest BCUT2D eigenvalue weighted by atomic mass is 16.5. The van der Waals surface area contributed by atoms with E-state index in [0.717, 1.165) is 31.6 Å². The molecule has 0 bridgehead atoms. The molecule has 3 heteroatoms. The Kier molecular flexibility index (Phi) is 2.66. The van der Waals surface area contributed by atoms with Crippen molar-refractivity contribution in [3.05, 3.63) is 24.2 Å². The van der Waals surface area contributed by atoms with Crippen LogP contribution < -0.4 is 5.73 Å². The predicted octanol–water partition coefficient (Wildman–Crippen LogP) is 1.71. The highest BCUT2D eigenvalue weighted by Gasteiger charge is 2.22. The van der Waals surface area contributed by atoms with Crippen molar-refractivity contribution in [3.63, 3.8) is 0 Å². The van der Waals surface area contributed by atoms with Gasteiger partial charge < -0.3 is 14.9 Å². The van der Waals surface area contributed by atoms with Gasteiger partial charge in [-0.25, -0.2) is 0 Å². The van der Waals surface area contributed by atoms with Crippen molar-refractivity contribution >= 4 is 0 Å². The summed E-state index contributed by atoms with van der Waals surface area (Å²) in [7, 11) is 0. The predicted molar refractivity (Wildman–Crippen MR) is 49.2 cm³/mol. The maximum Gasteiger partial charge on any atom is 0.0950 e. The topological polar surface area (TPSA) is 48.4 Å². The van der Waals surface area contributed by atoms with E-state index in [2.05, 4.69) is 0 Å². The van der Waals surface area contributed by atoms with Crippen LogP contribution in [0.3, 0.4) is 0 Å². The number of rotatable bonds is 2. The Labute approximate surface area is 77.9 Å². The molecule has 1 atom stereocenters. The minimum Gasteiger partial charge on any atom is -0.472 e. The van der Waals surface area contributed by atoms with Crippen molar-refractivity contribution in [3.8, 4) is 0 Å². The maximum absolute atomic E-state index is 6.10. The molecule has 13 heavy (non-hydrogen) atoms. The molecule has 0 radical (unpaired) electrons. The van der Waals surface area contributed by atoms with Crippen LogP contribution in [0.4, 0.5) is 0 Å². The summed E-state index contributed by atoms with van der Waals surface area (Å²) >= 11 is 0. The first kappa shape index (κ1) is 8.78. The van der Waals surface area contributed by atoms with Gasteiger partial charge in [0.25, 0.3) is 0 Å². The molecule has 1 aromatic rings. The minimum atomic E-state index is 0.114. The average molecular weight is 181 g/mol. The second-order valence-electron chi connectivity index (χ2n) is 3.53. The van der Waals surface area contributed by atoms with Crippen LogP contribution in [-0.2, 0) is 4.74 Å². The van der Waals surface area contributed by atoms with Gasteiger partial charge in [0.05, 0.1) is 12.5 Å². The highest BCUT2D eigenvalue weighted by Crippen LogP contribution is 2.27. The molecular weight excluding hydrogens is 166 g/mol. The monoisotopic (exact) mass is 181 g/mol. The standard InChI is InChI=1S/C10H15NO2/c11-10(9-3-6-13-7-9)8-1-4-12-5-2-8/h3,6-8,10H,1-2,4-5,11H2/t10-/m0/s1. The van der Waals surface area contributed by atoms with Gasteiger partial charge in [0, 0.05) is 24.8 Å². The van der Waals surface area contributed by atoms with Gasteiger partial charge in [-0.2, -0.15) is 0 Å². The van der Waals surface area contributed by atoms with E-state index in [4.69, 9.17) is 14.9 Å². The van der Waals surface area contributed by atoms with Gasteiger partial charge >= 0.3 is 0 Å². The van der Waals surface area contributed by atoms with Crippen molar-refractivity contribution < 1.29 is 9.15 Å². The Morgan fingerprint density at radius 1 is 1.38 bits per heavy atom. The van der Waals surface area contributed by atoms with Crippen molar-refractivity contribution in [2.24, 2.45) is 11.7 Å². The molecule has 0 unspecified atom stereocenters. The fourth-order valence-corrected chi connectivity index (χ4v) is 1.81. The van der Waals surface area contributed by atoms with Gasteiger partial charge in [-0.1, -0.05) is 0 Å². The van der Waals surface area contributed by atoms with Crippen molar-refractivity contribution in [1.82, 2.24) is 0 Å².